The van der Waals surface area contributed by atoms with Crippen molar-refractivity contribution in [2.75, 3.05) is 13.7 Å². The fourth-order valence-corrected chi connectivity index (χ4v) is 2.51. The number of hydrogen-bond acceptors (Lipinski definition) is 4. The molecule has 5 nitrogen and oxygen atoms in total. The molecule has 0 bridgehead atoms. The Morgan fingerprint density at radius 3 is 3.16 bits per heavy atom. The third-order valence-electron chi connectivity index (χ3n) is 3.56. The molecule has 2 atom stereocenters. The summed E-state index contributed by atoms with van der Waals surface area (Å²) in [6.07, 6.45) is 6.62. The van der Waals surface area contributed by atoms with Gasteiger partial charge in [-0.05, 0) is 31.2 Å². The minimum absolute atomic E-state index is 0.153. The summed E-state index contributed by atoms with van der Waals surface area (Å²) in [5.74, 6) is 0.684. The summed E-state index contributed by atoms with van der Waals surface area (Å²) in [7, 11) is 1.52. The van der Waals surface area contributed by atoms with Crippen molar-refractivity contribution >= 4 is 5.91 Å². The van der Waals surface area contributed by atoms with Gasteiger partial charge in [-0.2, -0.15) is 0 Å². The Morgan fingerprint density at radius 1 is 1.58 bits per heavy atom. The van der Waals surface area contributed by atoms with Crippen LogP contribution in [0, 0.1) is 5.92 Å². The van der Waals surface area contributed by atoms with Gasteiger partial charge in [0.1, 0.15) is 5.75 Å². The predicted octanol–water partition coefficient (Wildman–Crippen LogP) is 1.37. The minimum Gasteiger partial charge on any atom is -0.494 e. The number of carbonyl (C=O) groups is 1. The number of amides is 1. The molecule has 0 aromatic carbocycles. The molecule has 1 aliphatic carbocycles. The first-order valence-corrected chi connectivity index (χ1v) is 6.65. The average molecular weight is 264 g/mol. The van der Waals surface area contributed by atoms with Crippen LogP contribution in [0.25, 0.3) is 0 Å². The molecule has 104 valence electrons. The standard InChI is InChI=1S/C14H20N2O3/c1-19-13-9-15-6-5-12(13)14(18)16-8-10-3-2-4-11(17)7-10/h5-6,9-11,17H,2-4,7-8H2,1H3,(H,16,18). The highest BCUT2D eigenvalue weighted by Gasteiger charge is 2.21. The molecular formula is C14H20N2O3. The van der Waals surface area contributed by atoms with E-state index in [1.807, 2.05) is 0 Å². The monoisotopic (exact) mass is 264 g/mol. The largest absolute Gasteiger partial charge is 0.494 e. The van der Waals surface area contributed by atoms with Gasteiger partial charge in [0, 0.05) is 12.7 Å². The van der Waals surface area contributed by atoms with Gasteiger partial charge in [-0.25, -0.2) is 0 Å². The number of ether oxygens (including phenoxy) is 1. The maximum Gasteiger partial charge on any atom is 0.255 e. The van der Waals surface area contributed by atoms with Crippen molar-refractivity contribution in [1.82, 2.24) is 10.3 Å². The van der Waals surface area contributed by atoms with Crippen LogP contribution in [0.2, 0.25) is 0 Å². The molecule has 1 aromatic rings. The van der Waals surface area contributed by atoms with Crippen LogP contribution >= 0.6 is 0 Å². The van der Waals surface area contributed by atoms with Gasteiger partial charge in [-0.3, -0.25) is 9.78 Å². The van der Waals surface area contributed by atoms with Crippen LogP contribution in [0.1, 0.15) is 36.0 Å². The summed E-state index contributed by atoms with van der Waals surface area (Å²) in [5, 5.41) is 12.5. The van der Waals surface area contributed by atoms with Crippen LogP contribution in [0.3, 0.4) is 0 Å². The number of hydrogen-bond donors (Lipinski definition) is 2. The van der Waals surface area contributed by atoms with Crippen LogP contribution in [0.4, 0.5) is 0 Å². The third kappa shape index (κ3) is 3.67. The van der Waals surface area contributed by atoms with Crippen molar-refractivity contribution in [3.63, 3.8) is 0 Å². The molecule has 2 rings (SSSR count). The zero-order valence-corrected chi connectivity index (χ0v) is 11.1. The first-order valence-electron chi connectivity index (χ1n) is 6.65. The predicted molar refractivity (Wildman–Crippen MR) is 71.1 cm³/mol. The lowest BCUT2D eigenvalue weighted by atomic mass is 9.87. The molecule has 1 heterocycles. The molecule has 1 amide bonds. The number of aliphatic hydroxyl groups is 1. The average Bonchev–Trinajstić information content (AvgIpc) is 2.45. The van der Waals surface area contributed by atoms with Gasteiger partial charge in [0.2, 0.25) is 0 Å². The molecule has 1 aromatic heterocycles. The molecule has 5 heteroatoms. The van der Waals surface area contributed by atoms with Crippen molar-refractivity contribution in [2.24, 2.45) is 5.92 Å². The van der Waals surface area contributed by atoms with Gasteiger partial charge in [-0.1, -0.05) is 6.42 Å². The maximum absolute atomic E-state index is 12.1. The van der Waals surface area contributed by atoms with Crippen molar-refractivity contribution in [3.05, 3.63) is 24.0 Å². The van der Waals surface area contributed by atoms with E-state index in [2.05, 4.69) is 10.3 Å². The molecule has 0 spiro atoms. The highest BCUT2D eigenvalue weighted by Crippen LogP contribution is 2.23. The second kappa shape index (κ2) is 6.52. The number of nitrogens with zero attached hydrogens (tertiary/aromatic N) is 1. The Balaban J connectivity index is 1.90. The molecule has 0 saturated heterocycles. The highest BCUT2D eigenvalue weighted by molar-refractivity contribution is 5.96. The van der Waals surface area contributed by atoms with E-state index in [0.717, 1.165) is 25.7 Å². The zero-order valence-electron chi connectivity index (χ0n) is 11.1. The number of aromatic nitrogens is 1. The summed E-state index contributed by atoms with van der Waals surface area (Å²) >= 11 is 0. The lowest BCUT2D eigenvalue weighted by Crippen LogP contribution is -2.33. The number of nitrogens with one attached hydrogen (secondary N) is 1. The van der Waals surface area contributed by atoms with Crippen molar-refractivity contribution in [2.45, 2.75) is 31.8 Å². The summed E-state index contributed by atoms with van der Waals surface area (Å²) < 4.78 is 5.11. The van der Waals surface area contributed by atoms with Crippen molar-refractivity contribution in [1.29, 1.82) is 0 Å². The van der Waals surface area contributed by atoms with E-state index >= 15 is 0 Å². The Labute approximate surface area is 113 Å². The van der Waals surface area contributed by atoms with E-state index in [-0.39, 0.29) is 12.0 Å². The van der Waals surface area contributed by atoms with Gasteiger partial charge in [0.15, 0.2) is 0 Å². The number of carbonyl (C=O) groups excluding carboxylic acids is 1. The number of aliphatic hydroxyl groups excluding tert-OH is 1. The van der Waals surface area contributed by atoms with E-state index in [0.29, 0.717) is 23.8 Å². The molecule has 1 aliphatic rings. The minimum atomic E-state index is -0.217. The molecule has 0 aliphatic heterocycles. The van der Waals surface area contributed by atoms with Crippen molar-refractivity contribution in [3.8, 4) is 5.75 Å². The van der Waals surface area contributed by atoms with Crippen LogP contribution in [-0.4, -0.2) is 35.8 Å². The van der Waals surface area contributed by atoms with Gasteiger partial charge < -0.3 is 15.2 Å². The van der Waals surface area contributed by atoms with E-state index in [4.69, 9.17) is 4.74 Å². The SMILES string of the molecule is COc1cnccc1C(=O)NCC1CCCC(O)C1. The summed E-state index contributed by atoms with van der Waals surface area (Å²) in [5.41, 5.74) is 0.494. The normalized spacial score (nSPS) is 22.8. The van der Waals surface area contributed by atoms with Crippen LogP contribution in [0.15, 0.2) is 18.5 Å². The van der Waals surface area contributed by atoms with Gasteiger partial charge >= 0.3 is 0 Å². The molecular weight excluding hydrogens is 244 g/mol. The van der Waals surface area contributed by atoms with E-state index in [1.54, 1.807) is 12.3 Å². The van der Waals surface area contributed by atoms with Crippen molar-refractivity contribution < 1.29 is 14.6 Å². The number of pyridine rings is 1. The third-order valence-corrected chi connectivity index (χ3v) is 3.56. The lowest BCUT2D eigenvalue weighted by molar-refractivity contribution is 0.0871. The Bertz CT molecular complexity index is 436. The number of methoxy groups -OCH3 is 1. The second-order valence-corrected chi connectivity index (χ2v) is 4.97. The Hall–Kier alpha value is -1.62. The second-order valence-electron chi connectivity index (χ2n) is 4.97. The van der Waals surface area contributed by atoms with Crippen LogP contribution in [0.5, 0.6) is 5.75 Å². The molecule has 19 heavy (non-hydrogen) atoms. The maximum atomic E-state index is 12.1. The lowest BCUT2D eigenvalue weighted by Gasteiger charge is -2.25. The van der Waals surface area contributed by atoms with E-state index in [9.17, 15) is 9.90 Å². The Morgan fingerprint density at radius 2 is 2.42 bits per heavy atom. The van der Waals surface area contributed by atoms with Gasteiger partial charge in [0.25, 0.3) is 5.91 Å². The molecule has 2 unspecified atom stereocenters. The molecule has 0 radical (unpaired) electrons. The first kappa shape index (κ1) is 13.8. The summed E-state index contributed by atoms with van der Waals surface area (Å²) in [6.45, 7) is 0.599. The topological polar surface area (TPSA) is 71.5 Å². The quantitative estimate of drug-likeness (QED) is 0.861. The Kier molecular flexibility index (Phi) is 4.74. The fraction of sp³-hybridized carbons (Fsp3) is 0.571. The smallest absolute Gasteiger partial charge is 0.255 e. The molecule has 2 N–H and O–H groups in total. The fourth-order valence-electron chi connectivity index (χ4n) is 2.51. The zero-order chi connectivity index (χ0) is 13.7. The van der Waals surface area contributed by atoms with E-state index in [1.165, 1.54) is 13.3 Å². The van der Waals surface area contributed by atoms with Crippen LogP contribution < -0.4 is 10.1 Å². The highest BCUT2D eigenvalue weighted by atomic mass is 16.5. The number of rotatable bonds is 4. The van der Waals surface area contributed by atoms with Gasteiger partial charge in [0.05, 0.1) is 25.0 Å². The van der Waals surface area contributed by atoms with Gasteiger partial charge in [-0.15, -0.1) is 0 Å². The molecule has 1 saturated carbocycles. The summed E-state index contributed by atoms with van der Waals surface area (Å²) in [4.78, 5) is 16.0. The first-order chi connectivity index (χ1) is 9.20. The van der Waals surface area contributed by atoms with E-state index < -0.39 is 0 Å². The summed E-state index contributed by atoms with van der Waals surface area (Å²) in [6, 6.07) is 1.64. The molecule has 1 fully saturated rings. The van der Waals surface area contributed by atoms with Crippen LogP contribution in [-0.2, 0) is 0 Å².